The fourth-order valence-electron chi connectivity index (χ4n) is 1.38. The molecule has 0 spiro atoms. The monoisotopic (exact) mass is 162 g/mol. The molecule has 0 fully saturated rings. The van der Waals surface area contributed by atoms with E-state index in [1.54, 1.807) is 0 Å². The van der Waals surface area contributed by atoms with E-state index in [4.69, 9.17) is 5.26 Å². The summed E-state index contributed by atoms with van der Waals surface area (Å²) in [5.74, 6) is 0. The van der Waals surface area contributed by atoms with Crippen LogP contribution in [0.25, 0.3) is 0 Å². The van der Waals surface area contributed by atoms with E-state index in [-0.39, 0.29) is 0 Å². The van der Waals surface area contributed by atoms with Crippen LogP contribution >= 0.6 is 0 Å². The molecule has 0 atom stereocenters. The first kappa shape index (κ1) is 8.86. The largest absolute Gasteiger partial charge is 0.352 e. The van der Waals surface area contributed by atoms with Crippen LogP contribution in [0.15, 0.2) is 6.07 Å². The fourth-order valence-corrected chi connectivity index (χ4v) is 1.38. The predicted molar refractivity (Wildman–Crippen MR) is 48.8 cm³/mol. The second kappa shape index (κ2) is 3.44. The molecule has 0 bridgehead atoms. The molecule has 1 rings (SSSR count). The van der Waals surface area contributed by atoms with Crippen molar-refractivity contribution in [2.24, 2.45) is 7.05 Å². The van der Waals surface area contributed by atoms with E-state index < -0.39 is 0 Å². The molecule has 0 radical (unpaired) electrons. The van der Waals surface area contributed by atoms with E-state index >= 15 is 0 Å². The SMILES string of the molecule is Cc1cc(CCC#N)c(C)n1C. The third-order valence-electron chi connectivity index (χ3n) is 2.39. The Bertz CT molecular complexity index is 315. The van der Waals surface area contributed by atoms with Crippen molar-refractivity contribution in [3.63, 3.8) is 0 Å². The molecule has 2 heteroatoms. The van der Waals surface area contributed by atoms with Crippen molar-refractivity contribution in [1.29, 1.82) is 5.26 Å². The van der Waals surface area contributed by atoms with Gasteiger partial charge in [-0.2, -0.15) is 5.26 Å². The van der Waals surface area contributed by atoms with Gasteiger partial charge in [0.15, 0.2) is 0 Å². The Morgan fingerprint density at radius 3 is 2.58 bits per heavy atom. The lowest BCUT2D eigenvalue weighted by atomic mass is 10.1. The standard InChI is InChI=1S/C10H14N2/c1-8-7-10(5-4-6-11)9(2)12(8)3/h7H,4-5H2,1-3H3. The molecule has 0 unspecified atom stereocenters. The molecule has 0 N–H and O–H groups in total. The zero-order valence-corrected chi connectivity index (χ0v) is 7.89. The lowest BCUT2D eigenvalue weighted by molar-refractivity contribution is 0.832. The molecule has 2 nitrogen and oxygen atoms in total. The third kappa shape index (κ3) is 1.50. The highest BCUT2D eigenvalue weighted by Crippen LogP contribution is 2.14. The van der Waals surface area contributed by atoms with Crippen molar-refractivity contribution in [3.8, 4) is 6.07 Å². The highest BCUT2D eigenvalue weighted by atomic mass is 14.9. The molecule has 1 aromatic heterocycles. The number of nitrogens with zero attached hydrogens (tertiary/aromatic N) is 2. The minimum Gasteiger partial charge on any atom is -0.352 e. The van der Waals surface area contributed by atoms with Crippen LogP contribution in [0.3, 0.4) is 0 Å². The Balaban J connectivity index is 2.87. The molecular weight excluding hydrogens is 148 g/mol. The van der Waals surface area contributed by atoms with Crippen LogP contribution in [0.5, 0.6) is 0 Å². The number of hydrogen-bond acceptors (Lipinski definition) is 1. The van der Waals surface area contributed by atoms with Crippen molar-refractivity contribution < 1.29 is 0 Å². The maximum absolute atomic E-state index is 8.44. The van der Waals surface area contributed by atoms with Gasteiger partial charge in [0.2, 0.25) is 0 Å². The minimum atomic E-state index is 0.615. The summed E-state index contributed by atoms with van der Waals surface area (Å²) in [6.07, 6.45) is 1.49. The molecule has 0 aromatic carbocycles. The molecule has 12 heavy (non-hydrogen) atoms. The van der Waals surface area contributed by atoms with Gasteiger partial charge in [0.25, 0.3) is 0 Å². The number of rotatable bonds is 2. The molecule has 0 saturated heterocycles. The van der Waals surface area contributed by atoms with Gasteiger partial charge in [-0.3, -0.25) is 0 Å². The zero-order valence-electron chi connectivity index (χ0n) is 7.89. The topological polar surface area (TPSA) is 28.7 Å². The summed E-state index contributed by atoms with van der Waals surface area (Å²) >= 11 is 0. The van der Waals surface area contributed by atoms with Gasteiger partial charge in [-0.25, -0.2) is 0 Å². The normalized spacial score (nSPS) is 9.83. The van der Waals surface area contributed by atoms with Gasteiger partial charge >= 0.3 is 0 Å². The van der Waals surface area contributed by atoms with E-state index in [1.165, 1.54) is 17.0 Å². The molecule has 0 saturated carbocycles. The van der Waals surface area contributed by atoms with E-state index in [0.717, 1.165) is 6.42 Å². The fraction of sp³-hybridized carbons (Fsp3) is 0.500. The molecule has 64 valence electrons. The quantitative estimate of drug-likeness (QED) is 0.654. The third-order valence-corrected chi connectivity index (χ3v) is 2.39. The summed E-state index contributed by atoms with van der Waals surface area (Å²) in [6.45, 7) is 4.18. The van der Waals surface area contributed by atoms with Crippen molar-refractivity contribution in [3.05, 3.63) is 23.0 Å². The van der Waals surface area contributed by atoms with Crippen LogP contribution < -0.4 is 0 Å². The van der Waals surface area contributed by atoms with Crippen molar-refractivity contribution >= 4 is 0 Å². The van der Waals surface area contributed by atoms with Crippen molar-refractivity contribution in [2.75, 3.05) is 0 Å². The molecule has 0 aliphatic carbocycles. The number of hydrogen-bond donors (Lipinski definition) is 0. The molecule has 1 aromatic rings. The maximum atomic E-state index is 8.44. The van der Waals surface area contributed by atoms with E-state index in [2.05, 4.69) is 37.6 Å². The van der Waals surface area contributed by atoms with Gasteiger partial charge in [0.05, 0.1) is 6.07 Å². The Morgan fingerprint density at radius 2 is 2.17 bits per heavy atom. The Hall–Kier alpha value is -1.23. The molecule has 0 aliphatic rings. The minimum absolute atomic E-state index is 0.615. The van der Waals surface area contributed by atoms with Gasteiger partial charge in [0, 0.05) is 24.9 Å². The lowest BCUT2D eigenvalue weighted by Gasteiger charge is -1.99. The van der Waals surface area contributed by atoms with E-state index in [0.29, 0.717) is 6.42 Å². The summed E-state index contributed by atoms with van der Waals surface area (Å²) in [5, 5.41) is 8.44. The second-order valence-electron chi connectivity index (χ2n) is 3.11. The van der Waals surface area contributed by atoms with E-state index in [1.807, 2.05) is 0 Å². The molecular formula is C10H14N2. The Labute approximate surface area is 73.4 Å². The van der Waals surface area contributed by atoms with Crippen LogP contribution in [-0.4, -0.2) is 4.57 Å². The highest BCUT2D eigenvalue weighted by Gasteiger charge is 2.04. The average molecular weight is 162 g/mol. The highest BCUT2D eigenvalue weighted by molar-refractivity contribution is 5.26. The smallest absolute Gasteiger partial charge is 0.0625 e. The summed E-state index contributed by atoms with van der Waals surface area (Å²) in [7, 11) is 2.06. The van der Waals surface area contributed by atoms with E-state index in [9.17, 15) is 0 Å². The van der Waals surface area contributed by atoms with Gasteiger partial charge in [0.1, 0.15) is 0 Å². The maximum Gasteiger partial charge on any atom is 0.0625 e. The first-order valence-electron chi connectivity index (χ1n) is 4.15. The molecule has 0 aliphatic heterocycles. The average Bonchev–Trinajstić information content (AvgIpc) is 2.30. The first-order valence-corrected chi connectivity index (χ1v) is 4.15. The Morgan fingerprint density at radius 1 is 1.50 bits per heavy atom. The van der Waals surface area contributed by atoms with Crippen molar-refractivity contribution in [2.45, 2.75) is 26.7 Å². The molecule has 1 heterocycles. The van der Waals surface area contributed by atoms with Gasteiger partial charge in [-0.15, -0.1) is 0 Å². The van der Waals surface area contributed by atoms with Crippen LogP contribution in [0, 0.1) is 25.2 Å². The molecule has 0 amide bonds. The summed E-state index contributed by atoms with van der Waals surface area (Å²) in [5.41, 5.74) is 3.85. The van der Waals surface area contributed by atoms with Gasteiger partial charge < -0.3 is 4.57 Å². The zero-order chi connectivity index (χ0) is 9.14. The van der Waals surface area contributed by atoms with Crippen LogP contribution in [0.4, 0.5) is 0 Å². The van der Waals surface area contributed by atoms with Crippen LogP contribution in [0.2, 0.25) is 0 Å². The predicted octanol–water partition coefficient (Wildman–Crippen LogP) is 2.10. The van der Waals surface area contributed by atoms with Gasteiger partial charge in [-0.05, 0) is 31.9 Å². The second-order valence-corrected chi connectivity index (χ2v) is 3.11. The van der Waals surface area contributed by atoms with Crippen LogP contribution in [0.1, 0.15) is 23.4 Å². The van der Waals surface area contributed by atoms with Crippen molar-refractivity contribution in [1.82, 2.24) is 4.57 Å². The summed E-state index contributed by atoms with van der Waals surface area (Å²) in [6, 6.07) is 4.32. The summed E-state index contributed by atoms with van der Waals surface area (Å²) in [4.78, 5) is 0. The lowest BCUT2D eigenvalue weighted by Crippen LogP contribution is -1.94. The Kier molecular flexibility index (Phi) is 2.54. The number of nitriles is 1. The number of aryl methyl sites for hydroxylation is 2. The van der Waals surface area contributed by atoms with Gasteiger partial charge in [-0.1, -0.05) is 0 Å². The van der Waals surface area contributed by atoms with Crippen LogP contribution in [-0.2, 0) is 13.5 Å². The first-order chi connectivity index (χ1) is 5.66. The number of aromatic nitrogens is 1. The summed E-state index contributed by atoms with van der Waals surface area (Å²) < 4.78 is 2.16.